The van der Waals surface area contributed by atoms with Crippen molar-refractivity contribution in [3.05, 3.63) is 46.9 Å². The Morgan fingerprint density at radius 2 is 1.78 bits per heavy atom. The Kier molecular flexibility index (Phi) is 4.12. The molecule has 2 amide bonds. The summed E-state index contributed by atoms with van der Waals surface area (Å²) in [4.78, 5) is 35.0. The van der Waals surface area contributed by atoms with Crippen LogP contribution in [-0.2, 0) is 9.59 Å². The average Bonchev–Trinajstić information content (AvgIpc) is 3.28. The van der Waals surface area contributed by atoms with Gasteiger partial charge in [-0.3, -0.25) is 15.0 Å². The maximum Gasteiger partial charge on any atom is 0.275 e. The summed E-state index contributed by atoms with van der Waals surface area (Å²) in [6.07, 6.45) is 0. The first-order chi connectivity index (χ1) is 13.0. The van der Waals surface area contributed by atoms with Gasteiger partial charge >= 0.3 is 0 Å². The molecule has 0 bridgehead atoms. The Morgan fingerprint density at radius 3 is 2.41 bits per heavy atom. The minimum absolute atomic E-state index is 0.338. The molecule has 1 aliphatic heterocycles. The van der Waals surface area contributed by atoms with Crippen molar-refractivity contribution in [3.63, 3.8) is 0 Å². The molecule has 0 saturated carbocycles. The highest BCUT2D eigenvalue weighted by atomic mass is 32.1. The first-order valence-electron chi connectivity index (χ1n) is 8.23. The number of ether oxygens (including phenoxy) is 1. The van der Waals surface area contributed by atoms with Gasteiger partial charge in [-0.2, -0.15) is 5.01 Å². The quantitative estimate of drug-likeness (QED) is 0.699. The van der Waals surface area contributed by atoms with E-state index >= 15 is 0 Å². The highest BCUT2D eigenvalue weighted by Crippen LogP contribution is 2.34. The van der Waals surface area contributed by atoms with Crippen molar-refractivity contribution in [1.82, 2.24) is 15.0 Å². The second-order valence-electron chi connectivity index (χ2n) is 6.04. The number of hydrogen-bond acceptors (Lipinski definition) is 7. The van der Waals surface area contributed by atoms with Crippen LogP contribution >= 0.6 is 11.3 Å². The Hall–Kier alpha value is -3.26. The van der Waals surface area contributed by atoms with E-state index in [1.54, 1.807) is 27.0 Å². The Morgan fingerprint density at radius 1 is 1.04 bits per heavy atom. The lowest BCUT2D eigenvalue weighted by Gasteiger charge is -2.19. The van der Waals surface area contributed by atoms with Gasteiger partial charge in [0.15, 0.2) is 11.6 Å². The van der Waals surface area contributed by atoms with Crippen molar-refractivity contribution in [2.45, 2.75) is 13.8 Å². The third-order valence-corrected chi connectivity index (χ3v) is 5.34. The minimum atomic E-state index is -0.392. The van der Waals surface area contributed by atoms with Gasteiger partial charge < -0.3 is 4.74 Å². The molecule has 0 fully saturated rings. The highest BCUT2D eigenvalue weighted by Gasteiger charge is 2.34. The van der Waals surface area contributed by atoms with E-state index in [0.717, 1.165) is 9.89 Å². The number of carbonyl (C=O) groups excluding carboxylic acids is 2. The van der Waals surface area contributed by atoms with Gasteiger partial charge in [-0.05, 0) is 37.4 Å². The number of imide groups is 1. The molecule has 0 unspecified atom stereocenters. The molecule has 8 heteroatoms. The molecule has 4 rings (SSSR count). The summed E-state index contributed by atoms with van der Waals surface area (Å²) in [5.41, 5.74) is 4.36. The van der Waals surface area contributed by atoms with Crippen LogP contribution in [0, 0.1) is 0 Å². The van der Waals surface area contributed by atoms with Crippen LogP contribution in [0.2, 0.25) is 0 Å². The second-order valence-corrected chi connectivity index (χ2v) is 6.98. The van der Waals surface area contributed by atoms with Crippen LogP contribution in [0.25, 0.3) is 21.6 Å². The van der Waals surface area contributed by atoms with Crippen LogP contribution in [0.1, 0.15) is 13.8 Å². The largest absolute Gasteiger partial charge is 0.496 e. The monoisotopic (exact) mass is 380 g/mol. The number of fused-ring (bicyclic) bond motifs is 1. The minimum Gasteiger partial charge on any atom is -0.496 e. The van der Waals surface area contributed by atoms with Crippen molar-refractivity contribution in [3.8, 4) is 16.5 Å². The zero-order chi connectivity index (χ0) is 19.1. The molecule has 1 aliphatic rings. The number of benzene rings is 1. The molecule has 0 aliphatic carbocycles. The van der Waals surface area contributed by atoms with Gasteiger partial charge in [0.2, 0.25) is 0 Å². The van der Waals surface area contributed by atoms with Crippen molar-refractivity contribution in [2.24, 2.45) is 0 Å². The van der Waals surface area contributed by atoms with Gasteiger partial charge in [-0.15, -0.1) is 11.3 Å². The molecule has 7 nitrogen and oxygen atoms in total. The molecular weight excluding hydrogens is 364 g/mol. The second kappa shape index (κ2) is 6.48. The summed E-state index contributed by atoms with van der Waals surface area (Å²) in [5, 5.41) is 3.52. The van der Waals surface area contributed by atoms with E-state index in [0.29, 0.717) is 39.4 Å². The fourth-order valence-corrected chi connectivity index (χ4v) is 3.53. The maximum atomic E-state index is 12.4. The summed E-state index contributed by atoms with van der Waals surface area (Å²) in [5.74, 6) is 0.612. The topological polar surface area (TPSA) is 84.4 Å². The number of nitrogens with zero attached hydrogens (tertiary/aromatic N) is 3. The summed E-state index contributed by atoms with van der Waals surface area (Å²) < 4.78 is 5.44. The third kappa shape index (κ3) is 2.74. The summed E-state index contributed by atoms with van der Waals surface area (Å²) in [6, 6.07) is 9.28. The fourth-order valence-electron chi connectivity index (χ4n) is 2.87. The number of hydrazine groups is 1. The number of amides is 2. The van der Waals surface area contributed by atoms with E-state index in [9.17, 15) is 9.59 Å². The fraction of sp³-hybridized carbons (Fsp3) is 0.158. The van der Waals surface area contributed by atoms with Crippen LogP contribution in [0.15, 0.2) is 46.9 Å². The van der Waals surface area contributed by atoms with Crippen LogP contribution in [0.3, 0.4) is 0 Å². The van der Waals surface area contributed by atoms with Gasteiger partial charge in [0, 0.05) is 11.1 Å². The molecule has 1 aromatic carbocycles. The zero-order valence-corrected chi connectivity index (χ0v) is 15.8. The summed E-state index contributed by atoms with van der Waals surface area (Å²) in [7, 11) is 1.55. The lowest BCUT2D eigenvalue weighted by molar-refractivity contribution is -0.135. The first-order valence-corrected chi connectivity index (χ1v) is 9.10. The van der Waals surface area contributed by atoms with E-state index in [4.69, 9.17) is 4.74 Å². The standard InChI is InChI=1S/C19H16N4O3S/c1-10-11(2)19(25)23(18(10)24)22-17-15-12(6-4-7-13(15)26-3)20-16(21-17)14-8-5-9-27-14/h4-9H,1-3H3,(H,20,21,22). The number of aromatic nitrogens is 2. The van der Waals surface area contributed by atoms with Crippen LogP contribution in [-0.4, -0.2) is 33.9 Å². The van der Waals surface area contributed by atoms with E-state index < -0.39 is 11.8 Å². The van der Waals surface area contributed by atoms with E-state index in [1.165, 1.54) is 11.3 Å². The summed E-state index contributed by atoms with van der Waals surface area (Å²) in [6.45, 7) is 3.26. The van der Waals surface area contributed by atoms with Gasteiger partial charge in [0.05, 0.1) is 22.9 Å². The Bertz CT molecular complexity index is 1080. The van der Waals surface area contributed by atoms with Crippen molar-refractivity contribution in [2.75, 3.05) is 12.5 Å². The van der Waals surface area contributed by atoms with E-state index in [1.807, 2.05) is 29.6 Å². The van der Waals surface area contributed by atoms with Crippen LogP contribution in [0.5, 0.6) is 5.75 Å². The smallest absolute Gasteiger partial charge is 0.275 e. The number of nitrogens with one attached hydrogen (secondary N) is 1. The molecule has 136 valence electrons. The van der Waals surface area contributed by atoms with Crippen molar-refractivity contribution in [1.29, 1.82) is 0 Å². The molecule has 0 atom stereocenters. The highest BCUT2D eigenvalue weighted by molar-refractivity contribution is 7.13. The van der Waals surface area contributed by atoms with Gasteiger partial charge in [0.25, 0.3) is 11.8 Å². The van der Waals surface area contributed by atoms with Crippen LogP contribution < -0.4 is 10.2 Å². The molecule has 3 heterocycles. The van der Waals surface area contributed by atoms with Gasteiger partial charge in [-0.1, -0.05) is 12.1 Å². The maximum absolute atomic E-state index is 12.4. The van der Waals surface area contributed by atoms with Gasteiger partial charge in [0.1, 0.15) is 5.75 Å². The van der Waals surface area contributed by atoms with Gasteiger partial charge in [-0.25, -0.2) is 9.97 Å². The predicted octanol–water partition coefficient (Wildman–Crippen LogP) is 3.40. The number of carbonyl (C=O) groups is 2. The van der Waals surface area contributed by atoms with E-state index in [2.05, 4.69) is 15.4 Å². The van der Waals surface area contributed by atoms with Crippen molar-refractivity contribution < 1.29 is 14.3 Å². The zero-order valence-electron chi connectivity index (χ0n) is 14.9. The number of thiophene rings is 1. The number of rotatable bonds is 4. The van der Waals surface area contributed by atoms with Crippen molar-refractivity contribution >= 4 is 39.9 Å². The third-order valence-electron chi connectivity index (χ3n) is 4.47. The normalized spacial score (nSPS) is 14.4. The molecule has 0 saturated heterocycles. The lowest BCUT2D eigenvalue weighted by Crippen LogP contribution is -2.37. The number of methoxy groups -OCH3 is 1. The molecule has 0 radical (unpaired) electrons. The molecule has 3 aromatic rings. The molecular formula is C19H16N4O3S. The predicted molar refractivity (Wildman–Crippen MR) is 103 cm³/mol. The summed E-state index contributed by atoms with van der Waals surface area (Å²) >= 11 is 1.51. The van der Waals surface area contributed by atoms with Crippen LogP contribution in [0.4, 0.5) is 5.82 Å². The average molecular weight is 380 g/mol. The molecule has 0 spiro atoms. The molecule has 27 heavy (non-hydrogen) atoms. The SMILES string of the molecule is COc1cccc2nc(-c3cccs3)nc(NN3C(=O)C(C)=C(C)C3=O)c12. The lowest BCUT2D eigenvalue weighted by atomic mass is 10.2. The molecule has 2 aromatic heterocycles. The number of hydrogen-bond donors (Lipinski definition) is 1. The van der Waals surface area contributed by atoms with E-state index in [-0.39, 0.29) is 0 Å². The first kappa shape index (κ1) is 17.2. The Balaban J connectivity index is 1.88. The Labute approximate surface area is 159 Å². The molecule has 1 N–H and O–H groups in total. The number of anilines is 1.